The van der Waals surface area contributed by atoms with Crippen molar-refractivity contribution in [3.63, 3.8) is 0 Å². The van der Waals surface area contributed by atoms with Crippen LogP contribution in [0.15, 0.2) is 18.2 Å². The molecule has 1 N–H and O–H groups in total. The topological polar surface area (TPSA) is 38.7 Å². The predicted octanol–water partition coefficient (Wildman–Crippen LogP) is 2.36. The lowest BCUT2D eigenvalue weighted by Crippen LogP contribution is -2.19. The normalized spacial score (nSPS) is 25.5. The van der Waals surface area contributed by atoms with Gasteiger partial charge >= 0.3 is 0 Å². The third-order valence-corrected chi connectivity index (χ3v) is 4.09. The van der Waals surface area contributed by atoms with Crippen LogP contribution < -0.4 is 9.47 Å². The van der Waals surface area contributed by atoms with E-state index in [2.05, 4.69) is 13.8 Å². The molecule has 1 aromatic rings. The van der Waals surface area contributed by atoms with Crippen LogP contribution in [-0.2, 0) is 5.41 Å². The first-order chi connectivity index (χ1) is 7.99. The molecular formula is C14H20O3. The summed E-state index contributed by atoms with van der Waals surface area (Å²) in [6, 6.07) is 5.84. The zero-order valence-electron chi connectivity index (χ0n) is 10.9. The average Bonchev–Trinajstić information content (AvgIpc) is 2.92. The van der Waals surface area contributed by atoms with E-state index < -0.39 is 0 Å². The lowest BCUT2D eigenvalue weighted by Gasteiger charge is -2.20. The van der Waals surface area contributed by atoms with Gasteiger partial charge in [-0.05, 0) is 29.5 Å². The van der Waals surface area contributed by atoms with Crippen molar-refractivity contribution in [2.75, 3.05) is 20.8 Å². The van der Waals surface area contributed by atoms with Crippen LogP contribution in [0, 0.1) is 5.41 Å². The molecule has 1 aliphatic carbocycles. The van der Waals surface area contributed by atoms with Crippen molar-refractivity contribution in [2.45, 2.75) is 25.7 Å². The molecule has 1 saturated carbocycles. The number of benzene rings is 1. The van der Waals surface area contributed by atoms with E-state index in [1.54, 1.807) is 14.2 Å². The minimum absolute atomic E-state index is 0.138. The highest BCUT2D eigenvalue weighted by Gasteiger charge is 2.61. The number of aliphatic hydroxyl groups is 1. The summed E-state index contributed by atoms with van der Waals surface area (Å²) in [5, 5.41) is 9.69. The van der Waals surface area contributed by atoms with Gasteiger partial charge in [0.05, 0.1) is 20.8 Å². The fourth-order valence-electron chi connectivity index (χ4n) is 2.65. The third kappa shape index (κ3) is 1.78. The van der Waals surface area contributed by atoms with Crippen LogP contribution in [0.5, 0.6) is 11.5 Å². The maximum atomic E-state index is 9.69. The Labute approximate surface area is 102 Å². The van der Waals surface area contributed by atoms with Crippen LogP contribution in [0.1, 0.15) is 25.8 Å². The second-order valence-corrected chi connectivity index (χ2v) is 5.40. The second-order valence-electron chi connectivity index (χ2n) is 5.40. The Morgan fingerprint density at radius 2 is 1.59 bits per heavy atom. The van der Waals surface area contributed by atoms with Crippen LogP contribution in [0.3, 0.4) is 0 Å². The van der Waals surface area contributed by atoms with E-state index in [4.69, 9.17) is 9.47 Å². The molecule has 17 heavy (non-hydrogen) atoms. The number of rotatable bonds is 4. The number of ether oxygens (including phenoxy) is 2. The van der Waals surface area contributed by atoms with Gasteiger partial charge < -0.3 is 14.6 Å². The second kappa shape index (κ2) is 3.91. The van der Waals surface area contributed by atoms with E-state index in [1.165, 1.54) is 0 Å². The molecule has 3 heteroatoms. The Morgan fingerprint density at radius 3 is 1.88 bits per heavy atom. The lowest BCUT2D eigenvalue weighted by atomic mass is 9.88. The van der Waals surface area contributed by atoms with Crippen molar-refractivity contribution in [2.24, 2.45) is 5.41 Å². The summed E-state index contributed by atoms with van der Waals surface area (Å²) in [5.74, 6) is 1.55. The molecule has 0 bridgehead atoms. The zero-order valence-corrected chi connectivity index (χ0v) is 10.9. The van der Waals surface area contributed by atoms with Gasteiger partial charge in [0.25, 0.3) is 0 Å². The molecule has 0 spiro atoms. The van der Waals surface area contributed by atoms with E-state index in [1.807, 2.05) is 18.2 Å². The molecule has 1 unspecified atom stereocenters. The molecule has 1 aromatic carbocycles. The summed E-state index contributed by atoms with van der Waals surface area (Å²) in [5.41, 5.74) is 1.09. The highest BCUT2D eigenvalue weighted by atomic mass is 16.5. The Hall–Kier alpha value is -1.22. The summed E-state index contributed by atoms with van der Waals surface area (Å²) in [7, 11) is 3.28. The van der Waals surface area contributed by atoms with E-state index in [0.29, 0.717) is 0 Å². The molecule has 3 nitrogen and oxygen atoms in total. The first-order valence-corrected chi connectivity index (χ1v) is 5.83. The van der Waals surface area contributed by atoms with E-state index in [9.17, 15) is 5.11 Å². The Balaban J connectivity index is 2.45. The number of methoxy groups -OCH3 is 2. The summed E-state index contributed by atoms with van der Waals surface area (Å²) in [6.07, 6.45) is 0.993. The Kier molecular flexibility index (Phi) is 2.82. The van der Waals surface area contributed by atoms with E-state index >= 15 is 0 Å². The Bertz CT molecular complexity index is 403. The molecule has 0 heterocycles. The van der Waals surface area contributed by atoms with E-state index in [-0.39, 0.29) is 17.4 Å². The van der Waals surface area contributed by atoms with Crippen LogP contribution in [0.4, 0.5) is 0 Å². The molecule has 94 valence electrons. The van der Waals surface area contributed by atoms with Crippen molar-refractivity contribution in [3.05, 3.63) is 23.8 Å². The highest BCUT2D eigenvalue weighted by Crippen LogP contribution is 2.64. The van der Waals surface area contributed by atoms with Crippen molar-refractivity contribution in [1.82, 2.24) is 0 Å². The molecule has 0 saturated heterocycles. The third-order valence-electron chi connectivity index (χ3n) is 4.09. The van der Waals surface area contributed by atoms with Gasteiger partial charge in [-0.25, -0.2) is 0 Å². The fourth-order valence-corrected chi connectivity index (χ4v) is 2.65. The van der Waals surface area contributed by atoms with Gasteiger partial charge in [-0.15, -0.1) is 0 Å². The van der Waals surface area contributed by atoms with Crippen molar-refractivity contribution in [3.8, 4) is 11.5 Å². The van der Waals surface area contributed by atoms with Crippen molar-refractivity contribution >= 4 is 0 Å². The predicted molar refractivity (Wildman–Crippen MR) is 66.7 cm³/mol. The highest BCUT2D eigenvalue weighted by molar-refractivity contribution is 5.46. The van der Waals surface area contributed by atoms with Gasteiger partial charge in [-0.1, -0.05) is 13.8 Å². The van der Waals surface area contributed by atoms with Gasteiger partial charge in [-0.2, -0.15) is 0 Å². The van der Waals surface area contributed by atoms with Crippen LogP contribution in [0.2, 0.25) is 0 Å². The summed E-state index contributed by atoms with van der Waals surface area (Å²) in [4.78, 5) is 0. The maximum absolute atomic E-state index is 9.69. The molecule has 0 aliphatic heterocycles. The maximum Gasteiger partial charge on any atom is 0.122 e. The van der Waals surface area contributed by atoms with Gasteiger partial charge in [0.15, 0.2) is 0 Å². The summed E-state index contributed by atoms with van der Waals surface area (Å²) >= 11 is 0. The minimum Gasteiger partial charge on any atom is -0.497 e. The molecule has 2 rings (SSSR count). The molecule has 1 atom stereocenters. The number of hydrogen-bond donors (Lipinski definition) is 1. The van der Waals surface area contributed by atoms with Gasteiger partial charge in [0, 0.05) is 11.5 Å². The first-order valence-electron chi connectivity index (χ1n) is 5.83. The monoisotopic (exact) mass is 236 g/mol. The largest absolute Gasteiger partial charge is 0.497 e. The Morgan fingerprint density at radius 1 is 1.12 bits per heavy atom. The van der Waals surface area contributed by atoms with Gasteiger partial charge in [-0.3, -0.25) is 0 Å². The SMILES string of the molecule is COc1cc(OC)cc(C2(CO)CC2(C)C)c1. The van der Waals surface area contributed by atoms with Gasteiger partial charge in [0.1, 0.15) is 11.5 Å². The van der Waals surface area contributed by atoms with Crippen molar-refractivity contribution in [1.29, 1.82) is 0 Å². The minimum atomic E-state index is -0.144. The summed E-state index contributed by atoms with van der Waals surface area (Å²) < 4.78 is 10.5. The first kappa shape index (κ1) is 12.2. The van der Waals surface area contributed by atoms with Gasteiger partial charge in [0.2, 0.25) is 0 Å². The fraction of sp³-hybridized carbons (Fsp3) is 0.571. The van der Waals surface area contributed by atoms with Crippen LogP contribution in [0.25, 0.3) is 0 Å². The molecule has 0 amide bonds. The number of hydrogen-bond acceptors (Lipinski definition) is 3. The molecule has 1 fully saturated rings. The average molecular weight is 236 g/mol. The molecular weight excluding hydrogens is 216 g/mol. The number of aliphatic hydroxyl groups excluding tert-OH is 1. The molecule has 0 radical (unpaired) electrons. The summed E-state index contributed by atoms with van der Waals surface area (Å²) in [6.45, 7) is 4.51. The molecule has 0 aromatic heterocycles. The standard InChI is InChI=1S/C14H20O3/c1-13(2)8-14(13,9-15)10-5-11(16-3)7-12(6-10)17-4/h5-7,15H,8-9H2,1-4H3. The zero-order chi connectivity index (χ0) is 12.7. The van der Waals surface area contributed by atoms with E-state index in [0.717, 1.165) is 23.5 Å². The van der Waals surface area contributed by atoms with Crippen LogP contribution in [-0.4, -0.2) is 25.9 Å². The quantitative estimate of drug-likeness (QED) is 0.872. The van der Waals surface area contributed by atoms with Crippen molar-refractivity contribution < 1.29 is 14.6 Å². The lowest BCUT2D eigenvalue weighted by molar-refractivity contribution is 0.231. The smallest absolute Gasteiger partial charge is 0.122 e. The van der Waals surface area contributed by atoms with Crippen LogP contribution >= 0.6 is 0 Å². The molecule has 1 aliphatic rings.